The highest BCUT2D eigenvalue weighted by molar-refractivity contribution is 9.10. The zero-order valence-electron chi connectivity index (χ0n) is 8.84. The van der Waals surface area contributed by atoms with Crippen LogP contribution in [-0.4, -0.2) is 20.3 Å². The predicted molar refractivity (Wildman–Crippen MR) is 64.9 cm³/mol. The maximum absolute atomic E-state index is 10.9. The molecule has 0 heterocycles. The van der Waals surface area contributed by atoms with Crippen molar-refractivity contribution in [2.24, 2.45) is 0 Å². The maximum atomic E-state index is 10.9. The topological polar surface area (TPSA) is 47.6 Å². The van der Waals surface area contributed by atoms with Gasteiger partial charge in [0.05, 0.1) is 19.2 Å². The quantitative estimate of drug-likeness (QED) is 0.934. The van der Waals surface area contributed by atoms with Gasteiger partial charge in [-0.1, -0.05) is 11.6 Å². The van der Waals surface area contributed by atoms with Gasteiger partial charge in [0, 0.05) is 11.0 Å². The van der Waals surface area contributed by atoms with E-state index in [2.05, 4.69) is 26.0 Å². The lowest BCUT2D eigenvalue weighted by Gasteiger charge is -2.09. The average Bonchev–Trinajstić information content (AvgIpc) is 2.30. The summed E-state index contributed by atoms with van der Waals surface area (Å²) in [4.78, 5) is 10.9. The Hall–Kier alpha value is -0.940. The molecule has 0 aromatic heterocycles. The summed E-state index contributed by atoms with van der Waals surface area (Å²) < 4.78 is 10.3. The van der Waals surface area contributed by atoms with E-state index in [1.165, 1.54) is 7.11 Å². The van der Waals surface area contributed by atoms with Gasteiger partial charge in [0.1, 0.15) is 5.75 Å². The van der Waals surface area contributed by atoms with Gasteiger partial charge < -0.3 is 14.8 Å². The van der Waals surface area contributed by atoms with Crippen molar-refractivity contribution in [1.29, 1.82) is 0 Å². The molecule has 1 aromatic rings. The lowest BCUT2D eigenvalue weighted by Crippen LogP contribution is -2.22. The predicted octanol–water partition coefficient (Wildman–Crippen LogP) is 2.97. The smallest absolute Gasteiger partial charge is 0.407 e. The summed E-state index contributed by atoms with van der Waals surface area (Å²) in [6.45, 7) is 0.279. The molecule has 0 spiro atoms. The summed E-state index contributed by atoms with van der Waals surface area (Å²) in [6, 6.07) is 3.51. The lowest BCUT2D eigenvalue weighted by molar-refractivity contribution is 0.170. The number of methoxy groups -OCH3 is 2. The van der Waals surface area contributed by atoms with E-state index in [0.29, 0.717) is 10.8 Å². The molecule has 1 rings (SSSR count). The first kappa shape index (κ1) is 13.1. The zero-order valence-corrected chi connectivity index (χ0v) is 11.2. The minimum absolute atomic E-state index is 0.279. The molecule has 0 atom stereocenters. The summed E-state index contributed by atoms with van der Waals surface area (Å²) in [5, 5.41) is 3.09. The summed E-state index contributed by atoms with van der Waals surface area (Å²) in [5.41, 5.74) is 0.748. The van der Waals surface area contributed by atoms with E-state index < -0.39 is 6.09 Å². The van der Waals surface area contributed by atoms with Crippen LogP contribution in [0.5, 0.6) is 5.75 Å². The van der Waals surface area contributed by atoms with E-state index in [1.54, 1.807) is 19.2 Å². The second-order valence-electron chi connectivity index (χ2n) is 2.93. The number of alkyl carbamates (subject to hydrolysis) is 1. The minimum Gasteiger partial charge on any atom is -0.497 e. The van der Waals surface area contributed by atoms with Crippen LogP contribution in [0.4, 0.5) is 4.79 Å². The van der Waals surface area contributed by atoms with Gasteiger partial charge in [0.2, 0.25) is 0 Å². The zero-order chi connectivity index (χ0) is 12.1. The van der Waals surface area contributed by atoms with E-state index in [0.717, 1.165) is 10.0 Å². The molecular formula is C10H11BrClNO3. The second kappa shape index (κ2) is 5.96. The van der Waals surface area contributed by atoms with Crippen molar-refractivity contribution in [3.63, 3.8) is 0 Å². The van der Waals surface area contributed by atoms with Crippen LogP contribution in [0.3, 0.4) is 0 Å². The molecule has 1 N–H and O–H groups in total. The van der Waals surface area contributed by atoms with Crippen molar-refractivity contribution in [2.45, 2.75) is 6.54 Å². The third kappa shape index (κ3) is 3.28. The van der Waals surface area contributed by atoms with Gasteiger partial charge in [0.25, 0.3) is 0 Å². The lowest BCUT2D eigenvalue weighted by atomic mass is 10.2. The van der Waals surface area contributed by atoms with Gasteiger partial charge >= 0.3 is 6.09 Å². The Morgan fingerprint density at radius 1 is 1.50 bits per heavy atom. The molecule has 0 fully saturated rings. The number of halogens is 2. The van der Waals surface area contributed by atoms with Crippen LogP contribution in [0.1, 0.15) is 5.56 Å². The number of rotatable bonds is 3. The van der Waals surface area contributed by atoms with Gasteiger partial charge in [0.15, 0.2) is 0 Å². The van der Waals surface area contributed by atoms with Crippen molar-refractivity contribution < 1.29 is 14.3 Å². The van der Waals surface area contributed by atoms with Crippen molar-refractivity contribution in [1.82, 2.24) is 5.32 Å². The van der Waals surface area contributed by atoms with Crippen molar-refractivity contribution >= 4 is 33.6 Å². The number of benzene rings is 1. The molecule has 16 heavy (non-hydrogen) atoms. The molecular weight excluding hydrogens is 297 g/mol. The van der Waals surface area contributed by atoms with Crippen LogP contribution < -0.4 is 10.1 Å². The van der Waals surface area contributed by atoms with E-state index in [-0.39, 0.29) is 6.54 Å². The molecule has 0 aliphatic heterocycles. The van der Waals surface area contributed by atoms with E-state index in [9.17, 15) is 4.79 Å². The first-order valence-electron chi connectivity index (χ1n) is 4.42. The summed E-state index contributed by atoms with van der Waals surface area (Å²) in [7, 11) is 2.87. The van der Waals surface area contributed by atoms with Crippen molar-refractivity contribution in [2.75, 3.05) is 14.2 Å². The Morgan fingerprint density at radius 3 is 2.75 bits per heavy atom. The van der Waals surface area contributed by atoms with Gasteiger partial charge in [-0.15, -0.1) is 0 Å². The second-order valence-corrected chi connectivity index (χ2v) is 4.16. The molecule has 1 aromatic carbocycles. The fraction of sp³-hybridized carbons (Fsp3) is 0.300. The highest BCUT2D eigenvalue weighted by atomic mass is 79.9. The van der Waals surface area contributed by atoms with E-state index in [1.807, 2.05) is 0 Å². The Labute approximate surface area is 107 Å². The van der Waals surface area contributed by atoms with E-state index >= 15 is 0 Å². The van der Waals surface area contributed by atoms with Gasteiger partial charge in [-0.2, -0.15) is 0 Å². The van der Waals surface area contributed by atoms with Crippen molar-refractivity contribution in [3.8, 4) is 5.75 Å². The molecule has 0 saturated heterocycles. The molecule has 88 valence electrons. The highest BCUT2D eigenvalue weighted by Crippen LogP contribution is 2.31. The largest absolute Gasteiger partial charge is 0.497 e. The first-order valence-corrected chi connectivity index (χ1v) is 5.59. The van der Waals surface area contributed by atoms with Gasteiger partial charge in [-0.3, -0.25) is 0 Å². The average molecular weight is 309 g/mol. The standard InChI is InChI=1S/C10H11BrClNO3/c1-15-7-3-6(5-13-10(14)16-2)9(12)8(11)4-7/h3-4H,5H2,1-2H3,(H,13,14). The third-order valence-corrected chi connectivity index (χ3v) is 3.22. The Morgan fingerprint density at radius 2 is 2.19 bits per heavy atom. The summed E-state index contributed by atoms with van der Waals surface area (Å²) in [6.07, 6.45) is -0.505. The molecule has 1 amide bonds. The van der Waals surface area contributed by atoms with E-state index in [4.69, 9.17) is 16.3 Å². The Bertz CT molecular complexity index is 398. The van der Waals surface area contributed by atoms with Crippen LogP contribution >= 0.6 is 27.5 Å². The first-order chi connectivity index (χ1) is 7.58. The fourth-order valence-corrected chi connectivity index (χ4v) is 1.76. The van der Waals surface area contributed by atoms with Crippen LogP contribution in [0, 0.1) is 0 Å². The number of carbonyl (C=O) groups is 1. The Kier molecular flexibility index (Phi) is 4.89. The number of hydrogen-bond acceptors (Lipinski definition) is 3. The fourth-order valence-electron chi connectivity index (χ4n) is 1.10. The monoisotopic (exact) mass is 307 g/mol. The van der Waals surface area contributed by atoms with Crippen molar-refractivity contribution in [3.05, 3.63) is 27.2 Å². The SMILES string of the molecule is COC(=O)NCc1cc(OC)cc(Br)c1Cl. The molecule has 0 unspecified atom stereocenters. The summed E-state index contributed by atoms with van der Waals surface area (Å²) in [5.74, 6) is 0.665. The number of amides is 1. The molecule has 0 bridgehead atoms. The number of nitrogens with one attached hydrogen (secondary N) is 1. The summed E-state index contributed by atoms with van der Waals surface area (Å²) >= 11 is 9.36. The highest BCUT2D eigenvalue weighted by Gasteiger charge is 2.09. The minimum atomic E-state index is -0.505. The number of carbonyl (C=O) groups excluding carboxylic acids is 1. The maximum Gasteiger partial charge on any atom is 0.407 e. The molecule has 0 saturated carbocycles. The Balaban J connectivity index is 2.86. The van der Waals surface area contributed by atoms with Gasteiger partial charge in [-0.25, -0.2) is 4.79 Å². The molecule has 6 heteroatoms. The number of ether oxygens (including phenoxy) is 2. The van der Waals surface area contributed by atoms with Gasteiger partial charge in [-0.05, 0) is 33.6 Å². The van der Waals surface area contributed by atoms with Crippen LogP contribution in [0.15, 0.2) is 16.6 Å². The van der Waals surface area contributed by atoms with Crippen LogP contribution in [0.25, 0.3) is 0 Å². The normalized spacial score (nSPS) is 9.75. The third-order valence-electron chi connectivity index (χ3n) is 1.92. The van der Waals surface area contributed by atoms with Crippen LogP contribution in [-0.2, 0) is 11.3 Å². The molecule has 0 aliphatic rings. The van der Waals surface area contributed by atoms with Crippen LogP contribution in [0.2, 0.25) is 5.02 Å². The number of hydrogen-bond donors (Lipinski definition) is 1. The molecule has 0 aliphatic carbocycles. The molecule has 4 nitrogen and oxygen atoms in total. The molecule has 0 radical (unpaired) electrons.